The van der Waals surface area contributed by atoms with Crippen LogP contribution in [0.15, 0.2) is 73.2 Å². The molecule has 11 nitrogen and oxygen atoms in total. The van der Waals surface area contributed by atoms with E-state index in [0.29, 0.717) is 46.4 Å². The van der Waals surface area contributed by atoms with Crippen LogP contribution in [-0.2, 0) is 4.79 Å². The molecule has 1 aliphatic heterocycles. The van der Waals surface area contributed by atoms with Crippen LogP contribution in [0.3, 0.4) is 0 Å². The lowest BCUT2D eigenvalue weighted by molar-refractivity contribution is -0.117. The number of urea groups is 1. The number of halogens is 1. The van der Waals surface area contributed by atoms with E-state index in [9.17, 15) is 9.59 Å². The van der Waals surface area contributed by atoms with Gasteiger partial charge in [-0.1, -0.05) is 42.0 Å². The van der Waals surface area contributed by atoms with Gasteiger partial charge in [-0.25, -0.2) is 9.78 Å². The van der Waals surface area contributed by atoms with Gasteiger partial charge >= 0.3 is 6.03 Å². The zero-order chi connectivity index (χ0) is 25.6. The van der Waals surface area contributed by atoms with Crippen LogP contribution in [-0.4, -0.2) is 48.7 Å². The molecular formula is C25H22ClN9O2. The van der Waals surface area contributed by atoms with E-state index < -0.39 is 6.04 Å². The molecule has 37 heavy (non-hydrogen) atoms. The van der Waals surface area contributed by atoms with Crippen molar-refractivity contribution in [2.24, 2.45) is 0 Å². The first kappa shape index (κ1) is 23.9. The molecule has 186 valence electrons. The summed E-state index contributed by atoms with van der Waals surface area (Å²) >= 11 is 6.17. The maximum absolute atomic E-state index is 12.9. The van der Waals surface area contributed by atoms with Crippen LogP contribution in [0.4, 0.5) is 10.5 Å². The molecule has 1 atom stereocenters. The zero-order valence-electron chi connectivity index (χ0n) is 19.4. The van der Waals surface area contributed by atoms with E-state index >= 15 is 0 Å². The highest BCUT2D eigenvalue weighted by Crippen LogP contribution is 2.28. The lowest BCUT2D eigenvalue weighted by atomic mass is 10.1. The molecule has 2 aromatic heterocycles. The highest BCUT2D eigenvalue weighted by atomic mass is 35.5. The first-order valence-electron chi connectivity index (χ1n) is 11.4. The summed E-state index contributed by atoms with van der Waals surface area (Å²) in [5.41, 5.74) is 3.49. The molecule has 0 saturated heterocycles. The third-order valence-electron chi connectivity index (χ3n) is 5.63. The number of aromatic amines is 1. The summed E-state index contributed by atoms with van der Waals surface area (Å²) in [5, 5.41) is 20.4. The van der Waals surface area contributed by atoms with Crippen molar-refractivity contribution in [3.63, 3.8) is 0 Å². The molecule has 12 heteroatoms. The second-order valence-corrected chi connectivity index (χ2v) is 8.56. The number of para-hydroxylation sites is 1. The molecule has 3 amide bonds. The summed E-state index contributed by atoms with van der Waals surface area (Å²) in [7, 11) is 0. The number of nitrogens with one attached hydrogen (secondary N) is 4. The molecular weight excluding hydrogens is 494 g/mol. The number of amides is 3. The lowest BCUT2D eigenvalue weighted by Gasteiger charge is -2.14. The standard InChI is InChI=1S/C25H22ClN9O2/c26-17-9-10-22(35-15-29-33-34-35)16(13-17)8-11-23(36)30-20-7-3-4-12-27-25(37)32-19-6-2-1-5-18(19)21-14-28-24(20)31-21/h1-6,8-11,13-15,20H,7,12H2,(H,28,31)(H,30,36)(H2,27,32,37)/b4-3-,11-8+/t20-/m0/s1. The monoisotopic (exact) mass is 515 g/mol. The van der Waals surface area contributed by atoms with Gasteiger partial charge in [0, 0.05) is 28.8 Å². The maximum Gasteiger partial charge on any atom is 0.319 e. The number of tetrazole rings is 1. The third-order valence-corrected chi connectivity index (χ3v) is 5.86. The van der Waals surface area contributed by atoms with Crippen LogP contribution in [0.25, 0.3) is 23.0 Å². The number of H-pyrrole nitrogens is 1. The van der Waals surface area contributed by atoms with Gasteiger partial charge in [-0.05, 0) is 47.2 Å². The van der Waals surface area contributed by atoms with Crippen LogP contribution < -0.4 is 16.0 Å². The van der Waals surface area contributed by atoms with Gasteiger partial charge in [0.25, 0.3) is 0 Å². The number of rotatable bonds is 4. The molecule has 0 fully saturated rings. The van der Waals surface area contributed by atoms with E-state index in [4.69, 9.17) is 11.6 Å². The first-order chi connectivity index (χ1) is 18.1. The number of anilines is 1. The van der Waals surface area contributed by atoms with Crippen molar-refractivity contribution in [2.45, 2.75) is 12.5 Å². The Balaban J connectivity index is 1.39. The minimum atomic E-state index is -0.433. The van der Waals surface area contributed by atoms with Crippen LogP contribution in [0.1, 0.15) is 23.9 Å². The van der Waals surface area contributed by atoms with Gasteiger partial charge in [0.2, 0.25) is 5.91 Å². The topological polar surface area (TPSA) is 143 Å². The maximum atomic E-state index is 12.9. The number of fused-ring (bicyclic) bond motifs is 4. The second kappa shape index (κ2) is 10.9. The predicted octanol–water partition coefficient (Wildman–Crippen LogP) is 3.66. The fourth-order valence-electron chi connectivity index (χ4n) is 3.87. The van der Waals surface area contributed by atoms with Crippen molar-refractivity contribution in [3.05, 3.63) is 89.6 Å². The SMILES string of the molecule is O=C(/C=C/c1cc(Cl)ccc1-n1cnnn1)N[C@H]1C/C=C\CNC(=O)Nc2ccccc2-c2cnc1[nH]2. The Morgan fingerprint density at radius 3 is 2.95 bits per heavy atom. The highest BCUT2D eigenvalue weighted by molar-refractivity contribution is 6.30. The van der Waals surface area contributed by atoms with Gasteiger partial charge in [-0.15, -0.1) is 5.10 Å². The Hall–Kier alpha value is -4.77. The molecule has 0 radical (unpaired) electrons. The fourth-order valence-corrected chi connectivity index (χ4v) is 4.06. The van der Waals surface area contributed by atoms with E-state index in [1.54, 1.807) is 30.5 Å². The minimum absolute atomic E-state index is 0.312. The molecule has 4 N–H and O–H groups in total. The largest absolute Gasteiger partial charge is 0.342 e. The number of hydrogen-bond acceptors (Lipinski definition) is 6. The third kappa shape index (κ3) is 5.73. The molecule has 0 unspecified atom stereocenters. The number of carbonyl (C=O) groups excluding carboxylic acids is 2. The summed E-state index contributed by atoms with van der Waals surface area (Å²) in [6.07, 6.45) is 10.4. The van der Waals surface area contributed by atoms with E-state index in [1.165, 1.54) is 17.1 Å². The molecule has 0 aliphatic carbocycles. The van der Waals surface area contributed by atoms with Gasteiger partial charge in [0.05, 0.1) is 29.3 Å². The van der Waals surface area contributed by atoms with Crippen molar-refractivity contribution < 1.29 is 9.59 Å². The summed E-state index contributed by atoms with van der Waals surface area (Å²) in [4.78, 5) is 33.0. The number of imidazole rings is 1. The molecule has 0 saturated carbocycles. The van der Waals surface area contributed by atoms with Crippen molar-refractivity contribution in [3.8, 4) is 16.9 Å². The summed E-state index contributed by atoms with van der Waals surface area (Å²) < 4.78 is 1.49. The van der Waals surface area contributed by atoms with Gasteiger partial charge < -0.3 is 20.9 Å². The van der Waals surface area contributed by atoms with E-state index in [-0.39, 0.29) is 11.9 Å². The number of nitrogens with zero attached hydrogens (tertiary/aromatic N) is 5. The van der Waals surface area contributed by atoms with E-state index in [0.717, 1.165) is 5.56 Å². The van der Waals surface area contributed by atoms with Gasteiger partial charge in [-0.2, -0.15) is 4.68 Å². The molecule has 0 spiro atoms. The smallest absolute Gasteiger partial charge is 0.319 e. The number of aromatic nitrogens is 6. The molecule has 4 aromatic rings. The Morgan fingerprint density at radius 1 is 1.19 bits per heavy atom. The van der Waals surface area contributed by atoms with Crippen molar-refractivity contribution in [1.82, 2.24) is 40.8 Å². The quantitative estimate of drug-likeness (QED) is 0.241. The Bertz CT molecular complexity index is 1480. The average molecular weight is 516 g/mol. The van der Waals surface area contributed by atoms with Crippen molar-refractivity contribution in [2.75, 3.05) is 11.9 Å². The average Bonchev–Trinajstić information content (AvgIpc) is 3.60. The zero-order valence-corrected chi connectivity index (χ0v) is 20.2. The fraction of sp³-hybridized carbons (Fsp3) is 0.120. The number of carbonyl (C=O) groups is 2. The minimum Gasteiger partial charge on any atom is -0.342 e. The second-order valence-electron chi connectivity index (χ2n) is 8.12. The van der Waals surface area contributed by atoms with Crippen LogP contribution >= 0.6 is 11.6 Å². The summed E-state index contributed by atoms with van der Waals surface area (Å²) in [6, 6.07) is 11.9. The molecule has 2 bridgehead atoms. The predicted molar refractivity (Wildman–Crippen MR) is 139 cm³/mol. The van der Waals surface area contributed by atoms with Crippen molar-refractivity contribution in [1.29, 1.82) is 0 Å². The summed E-state index contributed by atoms with van der Waals surface area (Å²) in [6.45, 7) is 0.339. The normalized spacial score (nSPS) is 16.5. The van der Waals surface area contributed by atoms with Gasteiger partial charge in [-0.3, -0.25) is 4.79 Å². The number of hydrogen-bond donors (Lipinski definition) is 4. The Kier molecular flexibility index (Phi) is 7.04. The highest BCUT2D eigenvalue weighted by Gasteiger charge is 2.18. The molecule has 2 aromatic carbocycles. The molecule has 3 heterocycles. The lowest BCUT2D eigenvalue weighted by Crippen LogP contribution is -2.29. The molecule has 1 aliphatic rings. The summed E-state index contributed by atoms with van der Waals surface area (Å²) in [5.74, 6) is 0.269. The Morgan fingerprint density at radius 2 is 2.08 bits per heavy atom. The van der Waals surface area contributed by atoms with Crippen molar-refractivity contribution >= 4 is 35.3 Å². The van der Waals surface area contributed by atoms with E-state index in [2.05, 4.69) is 41.4 Å². The first-order valence-corrected chi connectivity index (χ1v) is 11.8. The Labute approximate surface area is 216 Å². The van der Waals surface area contributed by atoms with Crippen LogP contribution in [0.2, 0.25) is 5.02 Å². The van der Waals surface area contributed by atoms with Gasteiger partial charge in [0.15, 0.2) is 0 Å². The van der Waals surface area contributed by atoms with Crippen LogP contribution in [0.5, 0.6) is 0 Å². The van der Waals surface area contributed by atoms with E-state index in [1.807, 2.05) is 36.4 Å². The van der Waals surface area contributed by atoms with Crippen LogP contribution in [0, 0.1) is 0 Å². The molecule has 5 rings (SSSR count). The van der Waals surface area contributed by atoms with Gasteiger partial charge in [0.1, 0.15) is 12.2 Å². The number of benzene rings is 2.